The lowest BCUT2D eigenvalue weighted by molar-refractivity contribution is 0.0914. The highest BCUT2D eigenvalue weighted by atomic mass is 16.1. The molecular weight excluding hydrogens is 284 g/mol. The number of ketones is 1. The Hall–Kier alpha value is -2.55. The SMILES string of the molecule is Cc1c(C2(C)C(=O)c3ccccc3N2C)c2ccccc2n1C. The standard InChI is InChI=1S/C20H20N2O/c1-13-18(14-9-5-7-11-16(14)21(13)3)20(2)19(23)15-10-6-8-12-17(15)22(20)4/h5-12H,1-4H3. The lowest BCUT2D eigenvalue weighted by atomic mass is 9.85. The molecule has 0 amide bonds. The topological polar surface area (TPSA) is 25.2 Å². The van der Waals surface area contributed by atoms with Crippen molar-refractivity contribution in [1.82, 2.24) is 4.57 Å². The molecule has 3 nitrogen and oxygen atoms in total. The smallest absolute Gasteiger partial charge is 0.194 e. The molecule has 1 atom stereocenters. The van der Waals surface area contributed by atoms with E-state index in [1.54, 1.807) is 0 Å². The van der Waals surface area contributed by atoms with Gasteiger partial charge in [-0.3, -0.25) is 4.79 Å². The van der Waals surface area contributed by atoms with Gasteiger partial charge in [-0.15, -0.1) is 0 Å². The Kier molecular flexibility index (Phi) is 2.74. The summed E-state index contributed by atoms with van der Waals surface area (Å²) in [6, 6.07) is 16.2. The Morgan fingerprint density at radius 3 is 2.35 bits per heavy atom. The zero-order valence-electron chi connectivity index (χ0n) is 13.9. The molecule has 0 N–H and O–H groups in total. The molecule has 1 aromatic heterocycles. The molecule has 0 saturated heterocycles. The molecule has 116 valence electrons. The molecule has 0 aliphatic carbocycles. The summed E-state index contributed by atoms with van der Waals surface area (Å²) in [5.41, 5.74) is 4.56. The number of Topliss-reactive ketones (excluding diaryl/α,β-unsaturated/α-hetero) is 1. The third-order valence-corrected chi connectivity index (χ3v) is 5.51. The lowest BCUT2D eigenvalue weighted by Crippen LogP contribution is -2.43. The maximum atomic E-state index is 13.3. The summed E-state index contributed by atoms with van der Waals surface area (Å²) in [7, 11) is 4.09. The first-order valence-electron chi connectivity index (χ1n) is 7.90. The van der Waals surface area contributed by atoms with Crippen LogP contribution in [-0.4, -0.2) is 17.4 Å². The number of anilines is 1. The van der Waals surface area contributed by atoms with Gasteiger partial charge in [0.1, 0.15) is 5.54 Å². The summed E-state index contributed by atoms with van der Waals surface area (Å²) in [5.74, 6) is 0.176. The van der Waals surface area contributed by atoms with Crippen molar-refractivity contribution in [3.8, 4) is 0 Å². The predicted octanol–water partition coefficient (Wildman–Crippen LogP) is 4.03. The fourth-order valence-electron chi connectivity index (χ4n) is 4.03. The van der Waals surface area contributed by atoms with Gasteiger partial charge in [0, 0.05) is 47.5 Å². The molecule has 3 heteroatoms. The van der Waals surface area contributed by atoms with Crippen molar-refractivity contribution in [1.29, 1.82) is 0 Å². The van der Waals surface area contributed by atoms with Gasteiger partial charge < -0.3 is 9.47 Å². The van der Waals surface area contributed by atoms with Gasteiger partial charge in [0.15, 0.2) is 5.78 Å². The second-order valence-corrected chi connectivity index (χ2v) is 6.51. The number of aromatic nitrogens is 1. The van der Waals surface area contributed by atoms with Gasteiger partial charge in [0.2, 0.25) is 0 Å². The largest absolute Gasteiger partial charge is 0.357 e. The molecule has 0 radical (unpaired) electrons. The van der Waals surface area contributed by atoms with Gasteiger partial charge in [-0.25, -0.2) is 0 Å². The number of carbonyl (C=O) groups excluding carboxylic acids is 1. The van der Waals surface area contributed by atoms with E-state index in [0.717, 1.165) is 27.9 Å². The number of nitrogens with zero attached hydrogens (tertiary/aromatic N) is 2. The van der Waals surface area contributed by atoms with E-state index in [1.807, 2.05) is 50.4 Å². The van der Waals surface area contributed by atoms with Crippen LogP contribution in [0.3, 0.4) is 0 Å². The van der Waals surface area contributed by atoms with Crippen LogP contribution in [0.15, 0.2) is 48.5 Å². The molecule has 1 aliphatic heterocycles. The van der Waals surface area contributed by atoms with Crippen LogP contribution in [0.2, 0.25) is 0 Å². The third kappa shape index (κ3) is 1.57. The first-order valence-corrected chi connectivity index (χ1v) is 7.90. The van der Waals surface area contributed by atoms with Crippen LogP contribution in [0.25, 0.3) is 10.9 Å². The molecule has 0 bridgehead atoms. The maximum Gasteiger partial charge on any atom is 0.194 e. The summed E-state index contributed by atoms with van der Waals surface area (Å²) in [6.45, 7) is 4.15. The minimum Gasteiger partial charge on any atom is -0.357 e. The Balaban J connectivity index is 2.06. The second-order valence-electron chi connectivity index (χ2n) is 6.51. The van der Waals surface area contributed by atoms with E-state index in [1.165, 1.54) is 5.52 Å². The normalized spacial score (nSPS) is 20.3. The van der Waals surface area contributed by atoms with Crippen LogP contribution in [0.1, 0.15) is 28.5 Å². The van der Waals surface area contributed by atoms with E-state index in [9.17, 15) is 4.79 Å². The molecule has 1 aliphatic rings. The van der Waals surface area contributed by atoms with Crippen molar-refractivity contribution >= 4 is 22.4 Å². The highest BCUT2D eigenvalue weighted by Gasteiger charge is 2.49. The monoisotopic (exact) mass is 304 g/mol. The van der Waals surface area contributed by atoms with E-state index >= 15 is 0 Å². The van der Waals surface area contributed by atoms with E-state index in [4.69, 9.17) is 0 Å². The molecule has 2 heterocycles. The van der Waals surface area contributed by atoms with Crippen molar-refractivity contribution in [3.63, 3.8) is 0 Å². The minimum atomic E-state index is -0.672. The molecule has 1 unspecified atom stereocenters. The Labute approximate surface area is 136 Å². The van der Waals surface area contributed by atoms with Gasteiger partial charge in [-0.05, 0) is 32.0 Å². The number of fused-ring (bicyclic) bond motifs is 2. The Bertz CT molecular complexity index is 953. The summed E-state index contributed by atoms with van der Waals surface area (Å²) >= 11 is 0. The van der Waals surface area contributed by atoms with E-state index in [2.05, 4.69) is 35.6 Å². The number of rotatable bonds is 1. The molecule has 3 aromatic rings. The fraction of sp³-hybridized carbons (Fsp3) is 0.250. The number of hydrogen-bond donors (Lipinski definition) is 0. The summed E-state index contributed by atoms with van der Waals surface area (Å²) in [6.07, 6.45) is 0. The molecule has 2 aromatic carbocycles. The average molecular weight is 304 g/mol. The van der Waals surface area contributed by atoms with E-state index in [0.29, 0.717) is 0 Å². The number of aryl methyl sites for hydroxylation is 1. The van der Waals surface area contributed by atoms with Crippen LogP contribution in [0, 0.1) is 6.92 Å². The van der Waals surface area contributed by atoms with E-state index in [-0.39, 0.29) is 5.78 Å². The Morgan fingerprint density at radius 2 is 1.61 bits per heavy atom. The highest BCUT2D eigenvalue weighted by Crippen LogP contribution is 2.47. The van der Waals surface area contributed by atoms with Gasteiger partial charge in [0.25, 0.3) is 0 Å². The van der Waals surface area contributed by atoms with Crippen molar-refractivity contribution in [2.24, 2.45) is 7.05 Å². The van der Waals surface area contributed by atoms with Crippen LogP contribution in [0.4, 0.5) is 5.69 Å². The molecule has 23 heavy (non-hydrogen) atoms. The number of likely N-dealkylation sites (N-methyl/N-ethyl adjacent to an activating group) is 1. The zero-order chi connectivity index (χ0) is 16.4. The van der Waals surface area contributed by atoms with Crippen molar-refractivity contribution in [2.45, 2.75) is 19.4 Å². The quantitative estimate of drug-likeness (QED) is 0.678. The number of hydrogen-bond acceptors (Lipinski definition) is 2. The summed E-state index contributed by atoms with van der Waals surface area (Å²) in [4.78, 5) is 15.4. The average Bonchev–Trinajstić information content (AvgIpc) is 2.94. The fourth-order valence-corrected chi connectivity index (χ4v) is 4.03. The van der Waals surface area contributed by atoms with Gasteiger partial charge in [-0.2, -0.15) is 0 Å². The zero-order valence-corrected chi connectivity index (χ0v) is 13.9. The van der Waals surface area contributed by atoms with Gasteiger partial charge in [0.05, 0.1) is 0 Å². The molecular formula is C20H20N2O. The van der Waals surface area contributed by atoms with Gasteiger partial charge >= 0.3 is 0 Å². The van der Waals surface area contributed by atoms with Crippen molar-refractivity contribution in [3.05, 3.63) is 65.4 Å². The van der Waals surface area contributed by atoms with Crippen LogP contribution < -0.4 is 4.90 Å². The predicted molar refractivity (Wildman–Crippen MR) is 94.2 cm³/mol. The Morgan fingerprint density at radius 1 is 0.957 bits per heavy atom. The molecule has 4 rings (SSSR count). The third-order valence-electron chi connectivity index (χ3n) is 5.51. The molecule has 0 spiro atoms. The lowest BCUT2D eigenvalue weighted by Gasteiger charge is -2.33. The number of carbonyl (C=O) groups is 1. The van der Waals surface area contributed by atoms with E-state index < -0.39 is 5.54 Å². The van der Waals surface area contributed by atoms with Crippen molar-refractivity contribution in [2.75, 3.05) is 11.9 Å². The van der Waals surface area contributed by atoms with Crippen LogP contribution in [0.5, 0.6) is 0 Å². The second kappa shape index (κ2) is 4.48. The molecule has 0 fully saturated rings. The summed E-state index contributed by atoms with van der Waals surface area (Å²) in [5, 5.41) is 1.16. The van der Waals surface area contributed by atoms with Crippen LogP contribution >= 0.6 is 0 Å². The first kappa shape index (κ1) is 14.1. The highest BCUT2D eigenvalue weighted by molar-refractivity contribution is 6.15. The first-order chi connectivity index (χ1) is 11.0. The summed E-state index contributed by atoms with van der Waals surface area (Å²) < 4.78 is 2.18. The maximum absolute atomic E-state index is 13.3. The van der Waals surface area contributed by atoms with Gasteiger partial charge in [-0.1, -0.05) is 30.3 Å². The minimum absolute atomic E-state index is 0.176. The number of benzene rings is 2. The molecule has 0 saturated carbocycles. The van der Waals surface area contributed by atoms with Crippen LogP contribution in [-0.2, 0) is 12.6 Å². The number of para-hydroxylation sites is 2. The van der Waals surface area contributed by atoms with Crippen molar-refractivity contribution < 1.29 is 4.79 Å².